The molecule has 0 aliphatic heterocycles. The maximum absolute atomic E-state index is 11.7. The average Bonchev–Trinajstić information content (AvgIpc) is 3.09. The van der Waals surface area contributed by atoms with Crippen LogP contribution in [-0.4, -0.2) is 51.1 Å². The van der Waals surface area contributed by atoms with E-state index >= 15 is 0 Å². The maximum atomic E-state index is 11.7. The molecule has 1 aliphatic carbocycles. The van der Waals surface area contributed by atoms with Crippen LogP contribution in [0.5, 0.6) is 0 Å². The van der Waals surface area contributed by atoms with E-state index in [1.165, 1.54) is 11.3 Å². The first kappa shape index (κ1) is 16.6. The number of anilines is 1. The molecule has 0 spiro atoms. The first-order valence-corrected chi connectivity index (χ1v) is 9.73. The van der Waals surface area contributed by atoms with Crippen molar-refractivity contribution in [3.05, 3.63) is 11.1 Å². The minimum Gasteiger partial charge on any atom is -0.297 e. The van der Waals surface area contributed by atoms with Crippen molar-refractivity contribution in [2.45, 2.75) is 45.3 Å². The van der Waals surface area contributed by atoms with E-state index in [2.05, 4.69) is 16.8 Å². The highest BCUT2D eigenvalue weighted by Gasteiger charge is 2.33. The van der Waals surface area contributed by atoms with Crippen LogP contribution >= 0.6 is 11.3 Å². The van der Waals surface area contributed by atoms with Gasteiger partial charge < -0.3 is 0 Å². The number of aromatic nitrogens is 1. The number of amides is 1. The van der Waals surface area contributed by atoms with Crippen molar-refractivity contribution in [2.75, 3.05) is 24.0 Å². The van der Waals surface area contributed by atoms with E-state index in [1.807, 2.05) is 17.3 Å². The minimum absolute atomic E-state index is 0.0708. The molecule has 1 aliphatic rings. The van der Waals surface area contributed by atoms with Crippen LogP contribution in [-0.2, 0) is 22.1 Å². The van der Waals surface area contributed by atoms with E-state index in [4.69, 9.17) is 0 Å². The van der Waals surface area contributed by atoms with Gasteiger partial charge in [0.05, 0.1) is 5.69 Å². The molecule has 1 aromatic heterocycles. The molecule has 0 saturated heterocycles. The normalized spacial score (nSPS) is 17.8. The predicted octanol–water partition coefficient (Wildman–Crippen LogP) is 1.86. The highest BCUT2D eigenvalue weighted by molar-refractivity contribution is 7.84. The van der Waals surface area contributed by atoms with Gasteiger partial charge in [-0.2, -0.15) is 0 Å². The molecule has 1 aromatic rings. The topological polar surface area (TPSA) is 53.5 Å². The van der Waals surface area contributed by atoms with Crippen molar-refractivity contribution in [1.29, 1.82) is 0 Å². The number of rotatable bonds is 7. The fourth-order valence-electron chi connectivity index (χ4n) is 2.24. The molecule has 2 atom stereocenters. The van der Waals surface area contributed by atoms with Gasteiger partial charge in [-0.3, -0.25) is 18.8 Å². The summed E-state index contributed by atoms with van der Waals surface area (Å²) in [5.41, 5.74) is 0.970. The molecule has 1 fully saturated rings. The van der Waals surface area contributed by atoms with Gasteiger partial charge in [0, 0.05) is 53.7 Å². The van der Waals surface area contributed by atoms with Crippen molar-refractivity contribution < 1.29 is 9.00 Å². The minimum atomic E-state index is -0.793. The molecule has 0 bridgehead atoms. The molecule has 118 valence electrons. The molecule has 1 heterocycles. The van der Waals surface area contributed by atoms with Gasteiger partial charge in [-0.25, -0.2) is 4.98 Å². The number of hydrogen-bond acceptors (Lipinski definition) is 5. The summed E-state index contributed by atoms with van der Waals surface area (Å²) in [5.74, 6) is 0.733. The van der Waals surface area contributed by atoms with Crippen LogP contribution in [0, 0.1) is 0 Å². The van der Waals surface area contributed by atoms with Crippen LogP contribution in [0.25, 0.3) is 0 Å². The molecule has 1 saturated carbocycles. The van der Waals surface area contributed by atoms with Crippen LogP contribution in [0.4, 0.5) is 5.13 Å². The fraction of sp³-hybridized carbons (Fsp3) is 0.714. The third-order valence-corrected chi connectivity index (χ3v) is 5.48. The second kappa shape index (κ2) is 6.98. The molecule has 7 heteroatoms. The predicted molar refractivity (Wildman–Crippen MR) is 88.2 cm³/mol. The van der Waals surface area contributed by atoms with E-state index in [0.717, 1.165) is 23.7 Å². The molecule has 1 amide bonds. The van der Waals surface area contributed by atoms with E-state index in [0.29, 0.717) is 18.3 Å². The van der Waals surface area contributed by atoms with Crippen molar-refractivity contribution in [2.24, 2.45) is 0 Å². The standard InChI is InChI=1S/C14H23N3O2S2/c1-10(9-21(4)19)16(3)7-12-8-20-14(15-12)17(11(2)18)13-5-6-13/h8,10,13H,5-7,9H2,1-4H3/t10-,21-/m1/s1. The SMILES string of the molecule is CC(=O)N(c1nc(CN(C)[C@H](C)C[S@@](C)=O)cs1)C1CC1. The Morgan fingerprint density at radius 3 is 2.76 bits per heavy atom. The van der Waals surface area contributed by atoms with Crippen LogP contribution < -0.4 is 4.90 Å². The van der Waals surface area contributed by atoms with Gasteiger partial charge in [0.15, 0.2) is 5.13 Å². The van der Waals surface area contributed by atoms with E-state index < -0.39 is 10.8 Å². The lowest BCUT2D eigenvalue weighted by molar-refractivity contribution is -0.116. The smallest absolute Gasteiger partial charge is 0.225 e. The highest BCUT2D eigenvalue weighted by atomic mass is 32.2. The number of carbonyl (C=O) groups is 1. The Kier molecular flexibility index (Phi) is 5.51. The van der Waals surface area contributed by atoms with Crippen LogP contribution in [0.1, 0.15) is 32.4 Å². The third kappa shape index (κ3) is 4.59. The summed E-state index contributed by atoms with van der Waals surface area (Å²) < 4.78 is 11.3. The summed E-state index contributed by atoms with van der Waals surface area (Å²) >= 11 is 1.53. The van der Waals surface area contributed by atoms with E-state index in [9.17, 15) is 9.00 Å². The Morgan fingerprint density at radius 2 is 2.24 bits per heavy atom. The third-order valence-electron chi connectivity index (χ3n) is 3.64. The zero-order chi connectivity index (χ0) is 15.6. The lowest BCUT2D eigenvalue weighted by Crippen LogP contribution is -2.33. The van der Waals surface area contributed by atoms with Gasteiger partial charge in [0.2, 0.25) is 5.91 Å². The van der Waals surface area contributed by atoms with Gasteiger partial charge >= 0.3 is 0 Å². The number of nitrogens with zero attached hydrogens (tertiary/aromatic N) is 3. The fourth-order valence-corrected chi connectivity index (χ4v) is 4.10. The molecule has 0 unspecified atom stereocenters. The van der Waals surface area contributed by atoms with E-state index in [-0.39, 0.29) is 11.9 Å². The van der Waals surface area contributed by atoms with Crippen molar-refractivity contribution in [3.63, 3.8) is 0 Å². The average molecular weight is 329 g/mol. The first-order valence-electron chi connectivity index (χ1n) is 7.13. The first-order chi connectivity index (χ1) is 9.88. The van der Waals surface area contributed by atoms with Crippen molar-refractivity contribution >= 4 is 33.2 Å². The van der Waals surface area contributed by atoms with Crippen LogP contribution in [0.2, 0.25) is 0 Å². The summed E-state index contributed by atoms with van der Waals surface area (Å²) in [4.78, 5) is 20.3. The molecule has 0 N–H and O–H groups in total. The Bertz CT molecular complexity index is 528. The summed E-state index contributed by atoms with van der Waals surface area (Å²) in [5, 5.41) is 2.82. The lowest BCUT2D eigenvalue weighted by Gasteiger charge is -2.23. The largest absolute Gasteiger partial charge is 0.297 e. The summed E-state index contributed by atoms with van der Waals surface area (Å²) in [6.45, 7) is 4.39. The Labute approximate surface area is 132 Å². The maximum Gasteiger partial charge on any atom is 0.225 e. The zero-order valence-corrected chi connectivity index (χ0v) is 14.7. The molecular weight excluding hydrogens is 306 g/mol. The molecule has 0 aromatic carbocycles. The second-order valence-electron chi connectivity index (χ2n) is 5.75. The molecule has 2 rings (SSSR count). The Morgan fingerprint density at radius 1 is 1.57 bits per heavy atom. The van der Waals surface area contributed by atoms with E-state index in [1.54, 1.807) is 13.2 Å². The Balaban J connectivity index is 1.99. The Hall–Kier alpha value is -0.790. The van der Waals surface area contributed by atoms with Gasteiger partial charge in [0.25, 0.3) is 0 Å². The molecular formula is C14H23N3O2S2. The summed E-state index contributed by atoms with van der Waals surface area (Å²) in [6, 6.07) is 0.592. The highest BCUT2D eigenvalue weighted by Crippen LogP contribution is 2.33. The number of carbonyl (C=O) groups excluding carboxylic acids is 1. The van der Waals surface area contributed by atoms with Crippen molar-refractivity contribution in [3.8, 4) is 0 Å². The summed E-state index contributed by atoms with van der Waals surface area (Å²) in [6.07, 6.45) is 3.88. The molecule has 5 nitrogen and oxygen atoms in total. The zero-order valence-electron chi connectivity index (χ0n) is 13.0. The monoisotopic (exact) mass is 329 g/mol. The van der Waals surface area contributed by atoms with Gasteiger partial charge in [-0.1, -0.05) is 0 Å². The number of hydrogen-bond donors (Lipinski definition) is 0. The molecule has 0 radical (unpaired) electrons. The number of thiazole rings is 1. The van der Waals surface area contributed by atoms with Gasteiger partial charge in [-0.15, -0.1) is 11.3 Å². The quantitative estimate of drug-likeness (QED) is 0.766. The second-order valence-corrected chi connectivity index (χ2v) is 8.06. The van der Waals surface area contributed by atoms with Gasteiger partial charge in [0.1, 0.15) is 0 Å². The van der Waals surface area contributed by atoms with Crippen LogP contribution in [0.15, 0.2) is 5.38 Å². The van der Waals surface area contributed by atoms with Gasteiger partial charge in [-0.05, 0) is 26.8 Å². The lowest BCUT2D eigenvalue weighted by atomic mass is 10.3. The van der Waals surface area contributed by atoms with Crippen molar-refractivity contribution in [1.82, 2.24) is 9.88 Å². The molecule has 21 heavy (non-hydrogen) atoms. The van der Waals surface area contributed by atoms with Crippen LogP contribution in [0.3, 0.4) is 0 Å². The summed E-state index contributed by atoms with van der Waals surface area (Å²) in [7, 11) is 1.22.